The highest BCUT2D eigenvalue weighted by Gasteiger charge is 2.24. The van der Waals surface area contributed by atoms with Gasteiger partial charge >= 0.3 is 0 Å². The Bertz CT molecular complexity index is 342. The van der Waals surface area contributed by atoms with Crippen LogP contribution in [0.2, 0.25) is 0 Å². The predicted molar refractivity (Wildman–Crippen MR) is 70.9 cm³/mol. The van der Waals surface area contributed by atoms with E-state index in [9.17, 15) is 0 Å². The quantitative estimate of drug-likeness (QED) is 0.636. The van der Waals surface area contributed by atoms with Crippen molar-refractivity contribution in [1.29, 1.82) is 0 Å². The smallest absolute Gasteiger partial charge is 0.0167 e. The van der Waals surface area contributed by atoms with Gasteiger partial charge in [0.15, 0.2) is 0 Å². The second-order valence-corrected chi connectivity index (χ2v) is 6.41. The number of allylic oxidation sites excluding steroid dienone is 1. The molecule has 0 bridgehead atoms. The Morgan fingerprint density at radius 3 is 2.20 bits per heavy atom. The third-order valence-corrected chi connectivity index (χ3v) is 5.09. The summed E-state index contributed by atoms with van der Waals surface area (Å²) >= 11 is 1.92. The van der Waals surface area contributed by atoms with E-state index in [1.807, 2.05) is 17.4 Å². The molecule has 1 aromatic rings. The molecule has 1 rings (SSSR count). The average molecular weight is 222 g/mol. The van der Waals surface area contributed by atoms with Crippen LogP contribution >= 0.6 is 11.3 Å². The minimum absolute atomic E-state index is 0.104. The van der Waals surface area contributed by atoms with E-state index in [2.05, 4.69) is 53.3 Å². The van der Waals surface area contributed by atoms with Gasteiger partial charge in [0.1, 0.15) is 0 Å². The van der Waals surface area contributed by atoms with Crippen molar-refractivity contribution in [1.82, 2.24) is 0 Å². The van der Waals surface area contributed by atoms with E-state index in [0.717, 1.165) is 0 Å². The van der Waals surface area contributed by atoms with Crippen molar-refractivity contribution >= 4 is 11.3 Å². The summed E-state index contributed by atoms with van der Waals surface area (Å²) in [6.45, 7) is 15.2. The molecule has 15 heavy (non-hydrogen) atoms. The summed E-state index contributed by atoms with van der Waals surface area (Å²) in [4.78, 5) is 2.89. The molecule has 0 aliphatic heterocycles. The molecule has 0 aromatic carbocycles. The van der Waals surface area contributed by atoms with Crippen LogP contribution in [0.25, 0.3) is 0 Å². The summed E-state index contributed by atoms with van der Waals surface area (Å²) in [6.07, 6.45) is 3.21. The third kappa shape index (κ3) is 2.52. The second-order valence-electron chi connectivity index (χ2n) is 5.33. The van der Waals surface area contributed by atoms with Gasteiger partial charge in [0, 0.05) is 15.2 Å². The van der Waals surface area contributed by atoms with Crippen LogP contribution in [0.3, 0.4) is 0 Å². The number of thiophene rings is 1. The van der Waals surface area contributed by atoms with Crippen molar-refractivity contribution in [2.45, 2.75) is 51.9 Å². The minimum atomic E-state index is 0.104. The molecule has 1 aromatic heterocycles. The summed E-state index contributed by atoms with van der Waals surface area (Å²) in [6, 6.07) is 4.52. The van der Waals surface area contributed by atoms with Crippen LogP contribution < -0.4 is 0 Å². The van der Waals surface area contributed by atoms with Gasteiger partial charge in [-0.25, -0.2) is 0 Å². The maximum atomic E-state index is 3.91. The van der Waals surface area contributed by atoms with Gasteiger partial charge in [0.05, 0.1) is 0 Å². The molecule has 0 N–H and O–H groups in total. The first-order chi connectivity index (χ1) is 6.83. The number of rotatable bonds is 4. The van der Waals surface area contributed by atoms with Crippen LogP contribution in [0.4, 0.5) is 0 Å². The van der Waals surface area contributed by atoms with Crippen molar-refractivity contribution < 1.29 is 0 Å². The highest BCUT2D eigenvalue weighted by molar-refractivity contribution is 7.12. The van der Waals surface area contributed by atoms with Gasteiger partial charge in [-0.15, -0.1) is 17.9 Å². The van der Waals surface area contributed by atoms with Crippen molar-refractivity contribution in [3.8, 4) is 0 Å². The molecule has 0 amide bonds. The molecule has 0 fully saturated rings. The normalized spacial score (nSPS) is 12.9. The molecular formula is C14H22S. The lowest BCUT2D eigenvalue weighted by Gasteiger charge is -2.22. The Labute approximate surface area is 98.0 Å². The van der Waals surface area contributed by atoms with Gasteiger partial charge < -0.3 is 0 Å². The van der Waals surface area contributed by atoms with Gasteiger partial charge in [-0.2, -0.15) is 0 Å². The van der Waals surface area contributed by atoms with Crippen LogP contribution in [0.15, 0.2) is 24.8 Å². The largest absolute Gasteiger partial charge is 0.144 e. The number of hydrogen-bond donors (Lipinski definition) is 0. The van der Waals surface area contributed by atoms with Crippen LogP contribution in [-0.2, 0) is 10.8 Å². The Balaban J connectivity index is 3.05. The third-order valence-electron chi connectivity index (χ3n) is 3.30. The summed E-state index contributed by atoms with van der Waals surface area (Å²) in [5.41, 5.74) is 0.410. The summed E-state index contributed by atoms with van der Waals surface area (Å²) in [5.74, 6) is 0. The van der Waals surface area contributed by atoms with E-state index < -0.39 is 0 Å². The Morgan fingerprint density at radius 1 is 1.20 bits per heavy atom. The van der Waals surface area contributed by atoms with Gasteiger partial charge in [-0.1, -0.05) is 40.7 Å². The van der Waals surface area contributed by atoms with Crippen LogP contribution in [0.1, 0.15) is 50.8 Å². The molecule has 0 atom stereocenters. The SMILES string of the molecule is C=CC(C)(C)c1ccc(C(C)(C)CC)s1. The molecule has 0 aliphatic carbocycles. The van der Waals surface area contributed by atoms with E-state index in [0.29, 0.717) is 5.41 Å². The lowest BCUT2D eigenvalue weighted by atomic mass is 9.88. The van der Waals surface area contributed by atoms with Crippen LogP contribution in [-0.4, -0.2) is 0 Å². The highest BCUT2D eigenvalue weighted by Crippen LogP contribution is 2.37. The predicted octanol–water partition coefficient (Wildman–Crippen LogP) is 4.90. The zero-order valence-corrected chi connectivity index (χ0v) is 11.4. The second kappa shape index (κ2) is 4.13. The molecule has 0 radical (unpaired) electrons. The monoisotopic (exact) mass is 222 g/mol. The topological polar surface area (TPSA) is 0 Å². The van der Waals surface area contributed by atoms with Crippen molar-refractivity contribution in [2.75, 3.05) is 0 Å². The Hall–Kier alpha value is -0.560. The molecule has 0 aliphatic rings. The van der Waals surface area contributed by atoms with E-state index in [1.165, 1.54) is 16.2 Å². The van der Waals surface area contributed by atoms with Gasteiger partial charge in [0.25, 0.3) is 0 Å². The first-order valence-corrected chi connectivity index (χ1v) is 6.39. The van der Waals surface area contributed by atoms with Crippen molar-refractivity contribution in [2.24, 2.45) is 0 Å². The lowest BCUT2D eigenvalue weighted by Crippen LogP contribution is -2.13. The van der Waals surface area contributed by atoms with Gasteiger partial charge in [-0.05, 0) is 24.0 Å². The summed E-state index contributed by atoms with van der Waals surface area (Å²) < 4.78 is 0. The fourth-order valence-corrected chi connectivity index (χ4v) is 2.60. The minimum Gasteiger partial charge on any atom is -0.144 e. The van der Waals surface area contributed by atoms with E-state index in [1.54, 1.807) is 0 Å². The fourth-order valence-electron chi connectivity index (χ4n) is 1.32. The summed E-state index contributed by atoms with van der Waals surface area (Å²) in [5, 5.41) is 0. The molecule has 1 heteroatoms. The average Bonchev–Trinajstić information content (AvgIpc) is 2.67. The zero-order chi connectivity index (χ0) is 11.7. The molecule has 84 valence electrons. The van der Waals surface area contributed by atoms with Crippen molar-refractivity contribution in [3.63, 3.8) is 0 Å². The Kier molecular flexibility index (Phi) is 3.44. The molecule has 0 spiro atoms. The molecule has 0 nitrogen and oxygen atoms in total. The Morgan fingerprint density at radius 2 is 1.73 bits per heavy atom. The lowest BCUT2D eigenvalue weighted by molar-refractivity contribution is 0.517. The maximum absolute atomic E-state index is 3.91. The zero-order valence-electron chi connectivity index (χ0n) is 10.6. The standard InChI is InChI=1S/C14H22S/c1-7-13(3,4)11-9-10-12(15-11)14(5,6)8-2/h7,9-10H,1,8H2,2-6H3. The molecular weight excluding hydrogens is 200 g/mol. The van der Waals surface area contributed by atoms with Crippen LogP contribution in [0, 0.1) is 0 Å². The summed E-state index contributed by atoms with van der Waals surface area (Å²) in [7, 11) is 0. The molecule has 1 heterocycles. The van der Waals surface area contributed by atoms with E-state index in [4.69, 9.17) is 0 Å². The number of hydrogen-bond acceptors (Lipinski definition) is 1. The molecule has 0 saturated carbocycles. The fraction of sp³-hybridized carbons (Fsp3) is 0.571. The maximum Gasteiger partial charge on any atom is 0.0167 e. The van der Waals surface area contributed by atoms with Crippen molar-refractivity contribution in [3.05, 3.63) is 34.5 Å². The van der Waals surface area contributed by atoms with Gasteiger partial charge in [0.2, 0.25) is 0 Å². The van der Waals surface area contributed by atoms with E-state index in [-0.39, 0.29) is 5.41 Å². The first kappa shape index (κ1) is 12.5. The highest BCUT2D eigenvalue weighted by atomic mass is 32.1. The molecule has 0 saturated heterocycles. The molecule has 0 unspecified atom stereocenters. The van der Waals surface area contributed by atoms with Crippen LogP contribution in [0.5, 0.6) is 0 Å². The van der Waals surface area contributed by atoms with E-state index >= 15 is 0 Å². The van der Waals surface area contributed by atoms with Gasteiger partial charge in [-0.3, -0.25) is 0 Å². The first-order valence-electron chi connectivity index (χ1n) is 5.58.